The summed E-state index contributed by atoms with van der Waals surface area (Å²) in [5.41, 5.74) is 0.388. The van der Waals surface area contributed by atoms with Gasteiger partial charge in [-0.2, -0.15) is 0 Å². The van der Waals surface area contributed by atoms with Gasteiger partial charge in [0.2, 0.25) is 0 Å². The smallest absolute Gasteiger partial charge is 0.337 e. The van der Waals surface area contributed by atoms with Crippen molar-refractivity contribution in [3.63, 3.8) is 0 Å². The molecule has 7 heteroatoms. The van der Waals surface area contributed by atoms with Crippen LogP contribution in [-0.2, 0) is 9.53 Å². The molecule has 0 radical (unpaired) electrons. The van der Waals surface area contributed by atoms with Crippen LogP contribution in [0, 0.1) is 0 Å². The summed E-state index contributed by atoms with van der Waals surface area (Å²) >= 11 is 0. The minimum Gasteiger partial charge on any atom is -0.481 e. The van der Waals surface area contributed by atoms with Crippen molar-refractivity contribution in [3.8, 4) is 5.75 Å². The number of amides is 3. The molecule has 136 valence electrons. The van der Waals surface area contributed by atoms with Gasteiger partial charge in [-0.05, 0) is 44.0 Å². The highest BCUT2D eigenvalue weighted by Gasteiger charge is 2.20. The summed E-state index contributed by atoms with van der Waals surface area (Å²) in [5, 5.41) is 5.11. The molecule has 0 aliphatic heterocycles. The van der Waals surface area contributed by atoms with Crippen LogP contribution in [0.25, 0.3) is 0 Å². The molecule has 0 aromatic heterocycles. The van der Waals surface area contributed by atoms with E-state index in [4.69, 9.17) is 4.74 Å². The lowest BCUT2D eigenvalue weighted by Crippen LogP contribution is -2.48. The first-order valence-corrected chi connectivity index (χ1v) is 8.46. The van der Waals surface area contributed by atoms with Crippen LogP contribution in [0.15, 0.2) is 24.3 Å². The van der Waals surface area contributed by atoms with E-state index in [9.17, 15) is 14.4 Å². The van der Waals surface area contributed by atoms with Crippen LogP contribution in [0.5, 0.6) is 5.75 Å². The van der Waals surface area contributed by atoms with E-state index in [0.717, 1.165) is 25.7 Å². The molecule has 2 N–H and O–H groups in total. The first-order chi connectivity index (χ1) is 12.0. The zero-order valence-corrected chi connectivity index (χ0v) is 14.5. The van der Waals surface area contributed by atoms with Crippen molar-refractivity contribution in [2.24, 2.45) is 0 Å². The number of nitrogens with one attached hydrogen (secondary N) is 2. The number of ether oxygens (including phenoxy) is 2. The molecular formula is C18H24N2O5. The van der Waals surface area contributed by atoms with Crippen molar-refractivity contribution >= 4 is 17.9 Å². The van der Waals surface area contributed by atoms with Crippen LogP contribution in [0.4, 0.5) is 4.79 Å². The highest BCUT2D eigenvalue weighted by atomic mass is 16.5. The van der Waals surface area contributed by atoms with Crippen molar-refractivity contribution in [3.05, 3.63) is 29.8 Å². The number of benzene rings is 1. The first kappa shape index (κ1) is 18.8. The highest BCUT2D eigenvalue weighted by molar-refractivity contribution is 5.96. The third-order valence-corrected chi connectivity index (χ3v) is 4.13. The number of methoxy groups -OCH3 is 1. The van der Waals surface area contributed by atoms with Gasteiger partial charge in [-0.25, -0.2) is 9.59 Å². The Balaban J connectivity index is 1.80. The van der Waals surface area contributed by atoms with Gasteiger partial charge in [-0.3, -0.25) is 10.1 Å². The zero-order valence-electron chi connectivity index (χ0n) is 14.5. The molecule has 1 aliphatic carbocycles. The molecule has 1 saturated carbocycles. The molecule has 1 aliphatic rings. The maximum Gasteiger partial charge on any atom is 0.337 e. The Morgan fingerprint density at radius 1 is 1.08 bits per heavy atom. The van der Waals surface area contributed by atoms with E-state index in [0.29, 0.717) is 11.3 Å². The van der Waals surface area contributed by atoms with E-state index in [1.165, 1.54) is 13.5 Å². The van der Waals surface area contributed by atoms with Gasteiger partial charge in [0.1, 0.15) is 5.75 Å². The summed E-state index contributed by atoms with van der Waals surface area (Å²) in [7, 11) is 1.30. The molecule has 1 atom stereocenters. The summed E-state index contributed by atoms with van der Waals surface area (Å²) in [6.45, 7) is 1.55. The molecule has 2 rings (SSSR count). The van der Waals surface area contributed by atoms with Crippen LogP contribution >= 0.6 is 0 Å². The van der Waals surface area contributed by atoms with Gasteiger partial charge in [-0.1, -0.05) is 19.3 Å². The summed E-state index contributed by atoms with van der Waals surface area (Å²) in [5.74, 6) is -0.551. The maximum absolute atomic E-state index is 12.0. The zero-order chi connectivity index (χ0) is 18.2. The van der Waals surface area contributed by atoms with Crippen LogP contribution in [-0.4, -0.2) is 37.2 Å². The van der Waals surface area contributed by atoms with Gasteiger partial charge < -0.3 is 14.8 Å². The lowest BCUT2D eigenvalue weighted by molar-refractivity contribution is -0.126. The number of carbonyl (C=O) groups excluding carboxylic acids is 3. The Hall–Kier alpha value is -2.57. The van der Waals surface area contributed by atoms with Crippen molar-refractivity contribution < 1.29 is 23.9 Å². The van der Waals surface area contributed by atoms with Gasteiger partial charge in [0, 0.05) is 6.04 Å². The molecular weight excluding hydrogens is 324 g/mol. The molecule has 0 saturated heterocycles. The van der Waals surface area contributed by atoms with Crippen molar-refractivity contribution in [2.75, 3.05) is 7.11 Å². The average molecular weight is 348 g/mol. The van der Waals surface area contributed by atoms with E-state index in [1.807, 2.05) is 0 Å². The SMILES string of the molecule is COC(=O)c1ccc(O[C@@H](C)C(=O)NC(=O)NC2CCCCC2)cc1. The summed E-state index contributed by atoms with van der Waals surface area (Å²) in [6, 6.07) is 5.86. The Morgan fingerprint density at radius 2 is 1.72 bits per heavy atom. The number of carbonyl (C=O) groups is 3. The van der Waals surface area contributed by atoms with Crippen LogP contribution in [0.3, 0.4) is 0 Å². The number of hydrogen-bond donors (Lipinski definition) is 2. The minimum atomic E-state index is -0.846. The fourth-order valence-corrected chi connectivity index (χ4v) is 2.73. The number of imide groups is 1. The second-order valence-electron chi connectivity index (χ2n) is 6.07. The van der Waals surface area contributed by atoms with E-state index in [-0.39, 0.29) is 6.04 Å². The quantitative estimate of drug-likeness (QED) is 0.797. The normalized spacial score (nSPS) is 15.8. The van der Waals surface area contributed by atoms with Crippen LogP contribution < -0.4 is 15.4 Å². The van der Waals surface area contributed by atoms with Crippen LogP contribution in [0.2, 0.25) is 0 Å². The van der Waals surface area contributed by atoms with Gasteiger partial charge in [0.05, 0.1) is 12.7 Å². The van der Waals surface area contributed by atoms with Gasteiger partial charge >= 0.3 is 12.0 Å². The average Bonchev–Trinajstić information content (AvgIpc) is 2.62. The molecule has 0 heterocycles. The monoisotopic (exact) mass is 348 g/mol. The summed E-state index contributed by atoms with van der Waals surface area (Å²) in [4.78, 5) is 35.3. The Kier molecular flexibility index (Phi) is 6.80. The molecule has 7 nitrogen and oxygen atoms in total. The molecule has 3 amide bonds. The highest BCUT2D eigenvalue weighted by Crippen LogP contribution is 2.17. The Bertz CT molecular complexity index is 608. The summed E-state index contributed by atoms with van der Waals surface area (Å²) in [6.07, 6.45) is 4.43. The Morgan fingerprint density at radius 3 is 2.32 bits per heavy atom. The third-order valence-electron chi connectivity index (χ3n) is 4.13. The lowest BCUT2D eigenvalue weighted by Gasteiger charge is -2.23. The lowest BCUT2D eigenvalue weighted by atomic mass is 9.96. The van der Waals surface area contributed by atoms with E-state index >= 15 is 0 Å². The minimum absolute atomic E-state index is 0.128. The molecule has 25 heavy (non-hydrogen) atoms. The largest absolute Gasteiger partial charge is 0.481 e. The van der Waals surface area contributed by atoms with Crippen LogP contribution in [0.1, 0.15) is 49.4 Å². The summed E-state index contributed by atoms with van der Waals surface area (Å²) < 4.78 is 10.1. The van der Waals surface area contributed by atoms with Crippen molar-refractivity contribution in [1.82, 2.24) is 10.6 Å². The standard InChI is InChI=1S/C18H24N2O5/c1-12(25-15-10-8-13(9-11-15)17(22)24-2)16(21)20-18(23)19-14-6-4-3-5-7-14/h8-12,14H,3-7H2,1-2H3,(H2,19,20,21,23)/t12-/m0/s1. The molecule has 0 spiro atoms. The molecule has 1 aromatic carbocycles. The number of urea groups is 1. The maximum atomic E-state index is 12.0. The molecule has 0 bridgehead atoms. The topological polar surface area (TPSA) is 93.7 Å². The van der Waals surface area contributed by atoms with Crippen molar-refractivity contribution in [2.45, 2.75) is 51.2 Å². The second-order valence-corrected chi connectivity index (χ2v) is 6.07. The number of esters is 1. The van der Waals surface area contributed by atoms with Gasteiger partial charge in [0.25, 0.3) is 5.91 Å². The fourth-order valence-electron chi connectivity index (χ4n) is 2.73. The Labute approximate surface area is 147 Å². The molecule has 0 unspecified atom stereocenters. The fraction of sp³-hybridized carbons (Fsp3) is 0.500. The predicted molar refractivity (Wildman–Crippen MR) is 91.4 cm³/mol. The van der Waals surface area contributed by atoms with E-state index in [2.05, 4.69) is 15.4 Å². The second kappa shape index (κ2) is 9.05. The van der Waals surface area contributed by atoms with Gasteiger partial charge in [0.15, 0.2) is 6.10 Å². The van der Waals surface area contributed by atoms with E-state index in [1.54, 1.807) is 31.2 Å². The predicted octanol–water partition coefficient (Wildman–Crippen LogP) is 2.40. The number of rotatable bonds is 5. The first-order valence-electron chi connectivity index (χ1n) is 8.46. The number of hydrogen-bond acceptors (Lipinski definition) is 5. The van der Waals surface area contributed by atoms with Gasteiger partial charge in [-0.15, -0.1) is 0 Å². The molecule has 1 aromatic rings. The van der Waals surface area contributed by atoms with Crippen molar-refractivity contribution in [1.29, 1.82) is 0 Å². The van der Waals surface area contributed by atoms with E-state index < -0.39 is 24.0 Å². The third kappa shape index (κ3) is 5.77. The molecule has 1 fully saturated rings.